The minimum Gasteiger partial charge on any atom is -0.454 e. The van der Waals surface area contributed by atoms with Gasteiger partial charge in [0, 0.05) is 17.5 Å². The maximum Gasteiger partial charge on any atom is 0.248 e. The fraction of sp³-hybridized carbons (Fsp3) is 0.125. The molecule has 0 aliphatic carbocycles. The van der Waals surface area contributed by atoms with Gasteiger partial charge in [-0.25, -0.2) is 0 Å². The first kappa shape index (κ1) is 13.2. The largest absolute Gasteiger partial charge is 0.454 e. The van der Waals surface area contributed by atoms with Crippen LogP contribution in [0.1, 0.15) is 26.3 Å². The Balaban J connectivity index is 1.75. The summed E-state index contributed by atoms with van der Waals surface area (Å²) in [7, 11) is 0. The highest BCUT2D eigenvalue weighted by Crippen LogP contribution is 2.32. The minimum absolute atomic E-state index is 0.0277. The van der Waals surface area contributed by atoms with E-state index in [2.05, 4.69) is 0 Å². The number of carbonyl (C=O) groups is 2. The molecule has 21 heavy (non-hydrogen) atoms. The van der Waals surface area contributed by atoms with Crippen LogP contribution in [0.15, 0.2) is 42.5 Å². The van der Waals surface area contributed by atoms with E-state index in [0.29, 0.717) is 22.6 Å². The lowest BCUT2D eigenvalue weighted by molar-refractivity contribution is 0.0989. The molecule has 1 aliphatic rings. The summed E-state index contributed by atoms with van der Waals surface area (Å²) >= 11 is 0. The highest BCUT2D eigenvalue weighted by atomic mass is 16.7. The molecule has 3 rings (SSSR count). The number of ketones is 1. The van der Waals surface area contributed by atoms with Crippen molar-refractivity contribution in [2.24, 2.45) is 5.73 Å². The van der Waals surface area contributed by atoms with E-state index in [1.165, 1.54) is 0 Å². The van der Waals surface area contributed by atoms with Gasteiger partial charge in [0.25, 0.3) is 0 Å². The zero-order valence-corrected chi connectivity index (χ0v) is 11.2. The molecule has 0 unspecified atom stereocenters. The van der Waals surface area contributed by atoms with E-state index in [-0.39, 0.29) is 19.0 Å². The Bertz CT molecular complexity index is 707. The van der Waals surface area contributed by atoms with Crippen LogP contribution in [0.2, 0.25) is 0 Å². The summed E-state index contributed by atoms with van der Waals surface area (Å²) < 4.78 is 10.5. The summed E-state index contributed by atoms with van der Waals surface area (Å²) in [6.07, 6.45) is 0.249. The van der Waals surface area contributed by atoms with E-state index >= 15 is 0 Å². The number of fused-ring (bicyclic) bond motifs is 1. The maximum absolute atomic E-state index is 12.2. The van der Waals surface area contributed by atoms with Crippen molar-refractivity contribution < 1.29 is 19.1 Å². The first-order valence-corrected chi connectivity index (χ1v) is 6.45. The molecule has 0 saturated carbocycles. The summed E-state index contributed by atoms with van der Waals surface area (Å²) in [5.41, 5.74) is 6.99. The standard InChI is InChI=1S/C16H13NO4/c17-16(19)11-3-1-10(2-4-11)7-13(18)12-5-6-14-15(8-12)21-9-20-14/h1-6,8H,7,9H2,(H2,17,19). The second kappa shape index (κ2) is 5.28. The Morgan fingerprint density at radius 2 is 1.62 bits per heavy atom. The Morgan fingerprint density at radius 1 is 0.952 bits per heavy atom. The highest BCUT2D eigenvalue weighted by molar-refractivity contribution is 5.98. The smallest absolute Gasteiger partial charge is 0.248 e. The van der Waals surface area contributed by atoms with Gasteiger partial charge in [0.05, 0.1) is 0 Å². The maximum atomic E-state index is 12.2. The third kappa shape index (κ3) is 2.72. The normalized spacial score (nSPS) is 12.2. The lowest BCUT2D eigenvalue weighted by Gasteiger charge is -2.04. The highest BCUT2D eigenvalue weighted by Gasteiger charge is 2.16. The van der Waals surface area contributed by atoms with Crippen molar-refractivity contribution in [2.45, 2.75) is 6.42 Å². The predicted octanol–water partition coefficient (Wildman–Crippen LogP) is 1.94. The molecule has 2 aromatic carbocycles. The third-order valence-corrected chi connectivity index (χ3v) is 3.30. The third-order valence-electron chi connectivity index (χ3n) is 3.30. The lowest BCUT2D eigenvalue weighted by Crippen LogP contribution is -2.11. The molecular weight excluding hydrogens is 270 g/mol. The molecule has 106 valence electrons. The SMILES string of the molecule is NC(=O)c1ccc(CC(=O)c2ccc3c(c2)OCO3)cc1. The minimum atomic E-state index is -0.483. The summed E-state index contributed by atoms with van der Waals surface area (Å²) in [5, 5.41) is 0. The van der Waals surface area contributed by atoms with Crippen LogP contribution in [0.5, 0.6) is 11.5 Å². The van der Waals surface area contributed by atoms with E-state index < -0.39 is 5.91 Å². The molecule has 1 heterocycles. The summed E-state index contributed by atoms with van der Waals surface area (Å²) in [5.74, 6) is 0.728. The number of ether oxygens (including phenoxy) is 2. The number of carbonyl (C=O) groups excluding carboxylic acids is 2. The van der Waals surface area contributed by atoms with Gasteiger partial charge >= 0.3 is 0 Å². The monoisotopic (exact) mass is 283 g/mol. The van der Waals surface area contributed by atoms with Crippen LogP contribution in [0.3, 0.4) is 0 Å². The molecule has 1 amide bonds. The topological polar surface area (TPSA) is 78.6 Å². The number of hydrogen-bond acceptors (Lipinski definition) is 4. The summed E-state index contributed by atoms with van der Waals surface area (Å²) in [6.45, 7) is 0.182. The molecule has 0 bridgehead atoms. The van der Waals surface area contributed by atoms with Gasteiger partial charge in [0.2, 0.25) is 12.7 Å². The van der Waals surface area contributed by atoms with Gasteiger partial charge in [-0.05, 0) is 35.9 Å². The van der Waals surface area contributed by atoms with Crippen LogP contribution in [-0.4, -0.2) is 18.5 Å². The Labute approximate surface area is 121 Å². The zero-order valence-electron chi connectivity index (χ0n) is 11.2. The molecule has 2 N–H and O–H groups in total. The molecule has 0 atom stereocenters. The number of hydrogen-bond donors (Lipinski definition) is 1. The van der Waals surface area contributed by atoms with Crippen LogP contribution < -0.4 is 15.2 Å². The van der Waals surface area contributed by atoms with Crippen LogP contribution >= 0.6 is 0 Å². The van der Waals surface area contributed by atoms with Crippen LogP contribution in [0.4, 0.5) is 0 Å². The molecule has 0 spiro atoms. The van der Waals surface area contributed by atoms with Crippen LogP contribution in [0.25, 0.3) is 0 Å². The quantitative estimate of drug-likeness (QED) is 0.870. The van der Waals surface area contributed by atoms with Gasteiger partial charge in [0.1, 0.15) is 0 Å². The van der Waals surface area contributed by atoms with Gasteiger partial charge in [-0.1, -0.05) is 12.1 Å². The average molecular weight is 283 g/mol. The Hall–Kier alpha value is -2.82. The molecule has 1 aliphatic heterocycles. The molecule has 5 nitrogen and oxygen atoms in total. The predicted molar refractivity (Wildman–Crippen MR) is 75.6 cm³/mol. The lowest BCUT2D eigenvalue weighted by atomic mass is 10.0. The van der Waals surface area contributed by atoms with Gasteiger partial charge in [0.15, 0.2) is 17.3 Å². The summed E-state index contributed by atoms with van der Waals surface area (Å²) in [4.78, 5) is 23.2. The molecule has 0 saturated heterocycles. The van der Waals surface area contributed by atoms with Crippen LogP contribution in [-0.2, 0) is 6.42 Å². The van der Waals surface area contributed by atoms with Gasteiger partial charge in [-0.2, -0.15) is 0 Å². The second-order valence-electron chi connectivity index (χ2n) is 4.73. The van der Waals surface area contributed by atoms with Crippen molar-refractivity contribution in [2.75, 3.05) is 6.79 Å². The van der Waals surface area contributed by atoms with E-state index in [0.717, 1.165) is 5.56 Å². The molecule has 0 aromatic heterocycles. The van der Waals surface area contributed by atoms with E-state index in [1.54, 1.807) is 42.5 Å². The van der Waals surface area contributed by atoms with Crippen molar-refractivity contribution in [1.82, 2.24) is 0 Å². The number of amides is 1. The van der Waals surface area contributed by atoms with E-state index in [1.807, 2.05) is 0 Å². The number of benzene rings is 2. The van der Waals surface area contributed by atoms with Crippen molar-refractivity contribution in [3.05, 3.63) is 59.2 Å². The van der Waals surface area contributed by atoms with Gasteiger partial charge < -0.3 is 15.2 Å². The van der Waals surface area contributed by atoms with Crippen molar-refractivity contribution >= 4 is 11.7 Å². The molecule has 5 heteroatoms. The van der Waals surface area contributed by atoms with Gasteiger partial charge in [-0.3, -0.25) is 9.59 Å². The number of primary amides is 1. The van der Waals surface area contributed by atoms with Gasteiger partial charge in [-0.15, -0.1) is 0 Å². The average Bonchev–Trinajstić information content (AvgIpc) is 2.95. The molecule has 0 radical (unpaired) electrons. The van der Waals surface area contributed by atoms with Crippen LogP contribution in [0, 0.1) is 0 Å². The first-order valence-electron chi connectivity index (χ1n) is 6.45. The summed E-state index contributed by atoms with van der Waals surface area (Å²) in [6, 6.07) is 11.8. The number of Topliss-reactive ketones (excluding diaryl/α,β-unsaturated/α-hetero) is 1. The molecule has 2 aromatic rings. The Kier molecular flexibility index (Phi) is 3.31. The molecule has 0 fully saturated rings. The second-order valence-corrected chi connectivity index (χ2v) is 4.73. The number of rotatable bonds is 4. The van der Waals surface area contributed by atoms with Crippen molar-refractivity contribution in [3.63, 3.8) is 0 Å². The fourth-order valence-corrected chi connectivity index (χ4v) is 2.14. The van der Waals surface area contributed by atoms with E-state index in [4.69, 9.17) is 15.2 Å². The zero-order chi connectivity index (χ0) is 14.8. The number of nitrogens with two attached hydrogens (primary N) is 1. The van der Waals surface area contributed by atoms with E-state index in [9.17, 15) is 9.59 Å². The van der Waals surface area contributed by atoms with Crippen molar-refractivity contribution in [3.8, 4) is 11.5 Å². The first-order chi connectivity index (χ1) is 10.1. The van der Waals surface area contributed by atoms with Crippen molar-refractivity contribution in [1.29, 1.82) is 0 Å². The molecular formula is C16H13NO4. The fourth-order valence-electron chi connectivity index (χ4n) is 2.14. The Morgan fingerprint density at radius 3 is 2.33 bits per heavy atom.